The molecule has 1 fully saturated rings. The highest BCUT2D eigenvalue weighted by atomic mass is 32.1. The number of rotatable bonds is 1. The molecule has 5 heteroatoms. The van der Waals surface area contributed by atoms with Gasteiger partial charge in [-0.2, -0.15) is 4.98 Å². The molecule has 0 atom stereocenters. The molecule has 0 saturated carbocycles. The molecule has 0 bridgehead atoms. The van der Waals surface area contributed by atoms with Crippen molar-refractivity contribution >= 4 is 32.5 Å². The molecule has 2 N–H and O–H groups in total. The Morgan fingerprint density at radius 3 is 2.63 bits per heavy atom. The largest absolute Gasteiger partial charge is 0.397 e. The Morgan fingerprint density at radius 1 is 1.00 bits per heavy atom. The number of hydrogen-bond acceptors (Lipinski definition) is 5. The Kier molecular flexibility index (Phi) is 2.62. The maximum absolute atomic E-state index is 6.36. The molecule has 100 valence electrons. The van der Waals surface area contributed by atoms with E-state index in [2.05, 4.69) is 4.90 Å². The van der Waals surface area contributed by atoms with E-state index in [1.165, 1.54) is 36.9 Å². The predicted octanol–water partition coefficient (Wildman–Crippen LogP) is 2.75. The molecule has 0 spiro atoms. The van der Waals surface area contributed by atoms with E-state index in [0.29, 0.717) is 0 Å². The SMILES string of the molecule is Nc1c2c(nc3nc(N4CCCC4)sc13)CCCC2. The third kappa shape index (κ3) is 1.79. The van der Waals surface area contributed by atoms with Crippen LogP contribution in [0.15, 0.2) is 0 Å². The second-order valence-electron chi connectivity index (χ2n) is 5.50. The first kappa shape index (κ1) is 11.5. The standard InChI is InChI=1S/C14H18N4S/c15-11-9-5-1-2-6-10(9)16-13-12(11)19-14(17-13)18-7-3-4-8-18/h1-8H2,(H2,15,16). The van der Waals surface area contributed by atoms with Crippen molar-refractivity contribution in [3.63, 3.8) is 0 Å². The fraction of sp³-hybridized carbons (Fsp3) is 0.571. The van der Waals surface area contributed by atoms with Gasteiger partial charge in [-0.05, 0) is 44.1 Å². The third-order valence-corrected chi connectivity index (χ3v) is 5.36. The first-order valence-electron chi connectivity index (χ1n) is 7.15. The third-order valence-electron chi connectivity index (χ3n) is 4.22. The zero-order valence-corrected chi connectivity index (χ0v) is 11.8. The Bertz CT molecular complexity index is 628. The van der Waals surface area contributed by atoms with E-state index in [0.717, 1.165) is 47.1 Å². The number of nitrogens with zero attached hydrogens (tertiary/aromatic N) is 3. The van der Waals surface area contributed by atoms with Gasteiger partial charge in [-0.1, -0.05) is 11.3 Å². The highest BCUT2D eigenvalue weighted by Gasteiger charge is 2.22. The number of anilines is 2. The van der Waals surface area contributed by atoms with Gasteiger partial charge in [0, 0.05) is 18.8 Å². The minimum Gasteiger partial charge on any atom is -0.397 e. The molecule has 1 aliphatic heterocycles. The van der Waals surface area contributed by atoms with Crippen LogP contribution in [-0.2, 0) is 12.8 Å². The lowest BCUT2D eigenvalue weighted by molar-refractivity contribution is 0.672. The smallest absolute Gasteiger partial charge is 0.188 e. The summed E-state index contributed by atoms with van der Waals surface area (Å²) in [5.74, 6) is 0. The highest BCUT2D eigenvalue weighted by molar-refractivity contribution is 7.22. The van der Waals surface area contributed by atoms with Crippen LogP contribution < -0.4 is 10.6 Å². The van der Waals surface area contributed by atoms with E-state index in [1.807, 2.05) is 0 Å². The predicted molar refractivity (Wildman–Crippen MR) is 79.9 cm³/mol. The quantitative estimate of drug-likeness (QED) is 0.868. The molecule has 2 aromatic rings. The van der Waals surface area contributed by atoms with E-state index < -0.39 is 0 Å². The number of thiazole rings is 1. The second-order valence-corrected chi connectivity index (χ2v) is 6.48. The van der Waals surface area contributed by atoms with E-state index in [1.54, 1.807) is 11.3 Å². The Labute approximate surface area is 116 Å². The van der Waals surface area contributed by atoms with Gasteiger partial charge in [0.15, 0.2) is 10.8 Å². The van der Waals surface area contributed by atoms with Gasteiger partial charge in [-0.15, -0.1) is 0 Å². The summed E-state index contributed by atoms with van der Waals surface area (Å²) in [5, 5.41) is 1.11. The van der Waals surface area contributed by atoms with Gasteiger partial charge in [0.1, 0.15) is 0 Å². The summed E-state index contributed by atoms with van der Waals surface area (Å²) in [6.45, 7) is 2.25. The summed E-state index contributed by atoms with van der Waals surface area (Å²) in [4.78, 5) is 11.8. The zero-order chi connectivity index (χ0) is 12.8. The first-order valence-corrected chi connectivity index (χ1v) is 7.97. The molecule has 0 aromatic carbocycles. The summed E-state index contributed by atoms with van der Waals surface area (Å²) < 4.78 is 1.10. The molecular formula is C14H18N4S. The number of aryl methyl sites for hydroxylation is 1. The van der Waals surface area contributed by atoms with Crippen LogP contribution in [0.5, 0.6) is 0 Å². The molecule has 19 heavy (non-hydrogen) atoms. The van der Waals surface area contributed by atoms with Gasteiger partial charge in [-0.3, -0.25) is 0 Å². The normalized spacial score (nSPS) is 19.1. The number of fused-ring (bicyclic) bond motifs is 2. The van der Waals surface area contributed by atoms with Crippen molar-refractivity contribution in [1.82, 2.24) is 9.97 Å². The molecule has 0 unspecified atom stereocenters. The highest BCUT2D eigenvalue weighted by Crippen LogP contribution is 2.37. The molecule has 1 aliphatic carbocycles. The number of aromatic nitrogens is 2. The summed E-state index contributed by atoms with van der Waals surface area (Å²) in [6, 6.07) is 0. The van der Waals surface area contributed by atoms with Crippen LogP contribution in [0.25, 0.3) is 10.3 Å². The van der Waals surface area contributed by atoms with Gasteiger partial charge in [0.05, 0.1) is 10.4 Å². The van der Waals surface area contributed by atoms with E-state index in [-0.39, 0.29) is 0 Å². The van der Waals surface area contributed by atoms with Crippen LogP contribution in [0.3, 0.4) is 0 Å². The fourth-order valence-corrected chi connectivity index (χ4v) is 4.21. The van der Waals surface area contributed by atoms with Crippen molar-refractivity contribution in [3.05, 3.63) is 11.3 Å². The molecular weight excluding hydrogens is 256 g/mol. The van der Waals surface area contributed by atoms with Crippen molar-refractivity contribution < 1.29 is 0 Å². The van der Waals surface area contributed by atoms with Crippen LogP contribution in [-0.4, -0.2) is 23.1 Å². The second kappa shape index (κ2) is 4.34. The van der Waals surface area contributed by atoms with E-state index in [4.69, 9.17) is 15.7 Å². The van der Waals surface area contributed by atoms with Crippen molar-refractivity contribution in [1.29, 1.82) is 0 Å². The Balaban J connectivity index is 1.86. The number of hydrogen-bond donors (Lipinski definition) is 1. The molecule has 0 amide bonds. The number of nitrogen functional groups attached to an aromatic ring is 1. The molecule has 4 rings (SSSR count). The maximum Gasteiger partial charge on any atom is 0.188 e. The minimum atomic E-state index is 0.866. The molecule has 2 aromatic heterocycles. The van der Waals surface area contributed by atoms with Gasteiger partial charge in [0.2, 0.25) is 0 Å². The summed E-state index contributed by atoms with van der Waals surface area (Å²) in [5.41, 5.74) is 10.7. The molecule has 3 heterocycles. The van der Waals surface area contributed by atoms with Crippen LogP contribution in [0.1, 0.15) is 36.9 Å². The lowest BCUT2D eigenvalue weighted by atomic mass is 9.95. The fourth-order valence-electron chi connectivity index (χ4n) is 3.16. The minimum absolute atomic E-state index is 0.866. The number of nitrogens with two attached hydrogens (primary N) is 1. The molecule has 0 radical (unpaired) electrons. The van der Waals surface area contributed by atoms with E-state index >= 15 is 0 Å². The van der Waals surface area contributed by atoms with Crippen LogP contribution in [0.2, 0.25) is 0 Å². The van der Waals surface area contributed by atoms with E-state index in [9.17, 15) is 0 Å². The average Bonchev–Trinajstić information content (AvgIpc) is 3.07. The Morgan fingerprint density at radius 2 is 1.79 bits per heavy atom. The Hall–Kier alpha value is -1.36. The van der Waals surface area contributed by atoms with Crippen molar-refractivity contribution in [2.24, 2.45) is 0 Å². The molecule has 1 saturated heterocycles. The van der Waals surface area contributed by atoms with Crippen molar-refractivity contribution in [2.45, 2.75) is 38.5 Å². The first-order chi connectivity index (χ1) is 9.33. The monoisotopic (exact) mass is 274 g/mol. The molecule has 4 nitrogen and oxygen atoms in total. The topological polar surface area (TPSA) is 55.0 Å². The van der Waals surface area contributed by atoms with Crippen LogP contribution in [0, 0.1) is 0 Å². The number of pyridine rings is 1. The molecule has 2 aliphatic rings. The summed E-state index contributed by atoms with van der Waals surface area (Å²) in [6.07, 6.45) is 7.16. The van der Waals surface area contributed by atoms with Gasteiger partial charge < -0.3 is 10.6 Å². The maximum atomic E-state index is 6.36. The lowest BCUT2D eigenvalue weighted by Crippen LogP contribution is -2.16. The zero-order valence-electron chi connectivity index (χ0n) is 11.0. The summed E-state index contributed by atoms with van der Waals surface area (Å²) >= 11 is 1.72. The van der Waals surface area contributed by atoms with Crippen LogP contribution in [0.4, 0.5) is 10.8 Å². The average molecular weight is 274 g/mol. The summed E-state index contributed by atoms with van der Waals surface area (Å²) in [7, 11) is 0. The van der Waals surface area contributed by atoms with Gasteiger partial charge in [-0.25, -0.2) is 4.98 Å². The van der Waals surface area contributed by atoms with Crippen molar-refractivity contribution in [3.8, 4) is 0 Å². The van der Waals surface area contributed by atoms with Crippen molar-refractivity contribution in [2.75, 3.05) is 23.7 Å². The van der Waals surface area contributed by atoms with Gasteiger partial charge in [0.25, 0.3) is 0 Å². The van der Waals surface area contributed by atoms with Gasteiger partial charge >= 0.3 is 0 Å². The van der Waals surface area contributed by atoms with Crippen LogP contribution >= 0.6 is 11.3 Å². The lowest BCUT2D eigenvalue weighted by Gasteiger charge is -2.16.